The number of nitrogens with two attached hydrogens (primary N) is 1. The van der Waals surface area contributed by atoms with Gasteiger partial charge in [0.2, 0.25) is 5.91 Å². The van der Waals surface area contributed by atoms with Gasteiger partial charge in [-0.2, -0.15) is 0 Å². The van der Waals surface area contributed by atoms with E-state index in [1.54, 1.807) is 11.9 Å². The molecule has 0 atom stereocenters. The quantitative estimate of drug-likeness (QED) is 0.746. The zero-order valence-electron chi connectivity index (χ0n) is 13.1. The Bertz CT molecular complexity index is 490. The lowest BCUT2D eigenvalue weighted by molar-refractivity contribution is -0.130. The van der Waals surface area contributed by atoms with E-state index in [-0.39, 0.29) is 5.91 Å². The second kappa shape index (κ2) is 8.74. The second-order valence-corrected chi connectivity index (χ2v) is 5.97. The Morgan fingerprint density at radius 3 is 2.48 bits per heavy atom. The Hall–Kier alpha value is -1.46. The zero-order valence-corrected chi connectivity index (χ0v) is 13.9. The summed E-state index contributed by atoms with van der Waals surface area (Å²) in [5.41, 5.74) is 8.03. The molecule has 1 amide bonds. The Labute approximate surface area is 132 Å². The number of carbonyl (C=O) groups excluding carboxylic acids is 1. The lowest BCUT2D eigenvalue weighted by Gasteiger charge is -2.21. The molecule has 0 aliphatic rings. The van der Waals surface area contributed by atoms with Gasteiger partial charge in [-0.05, 0) is 25.1 Å². The molecule has 116 valence electrons. The second-order valence-electron chi connectivity index (χ2n) is 5.45. The number of hydrogen-bond acceptors (Lipinski definition) is 3. The molecule has 4 nitrogen and oxygen atoms in total. The number of amides is 1. The summed E-state index contributed by atoms with van der Waals surface area (Å²) in [6, 6.07) is 8.32. The molecule has 0 aliphatic heterocycles. The fourth-order valence-corrected chi connectivity index (χ4v) is 2.13. The Morgan fingerprint density at radius 1 is 1.19 bits per heavy atom. The van der Waals surface area contributed by atoms with Gasteiger partial charge in [0.1, 0.15) is 0 Å². The lowest BCUT2D eigenvalue weighted by atomic mass is 10.1. The monoisotopic (exact) mass is 307 g/mol. The molecule has 0 aromatic heterocycles. The van der Waals surface area contributed by atoms with E-state index in [1.165, 1.54) is 11.1 Å². The summed E-state index contributed by atoms with van der Waals surface area (Å²) >= 11 is 4.82. The molecule has 2 N–H and O–H groups in total. The highest BCUT2D eigenvalue weighted by Crippen LogP contribution is 2.09. The van der Waals surface area contributed by atoms with Crippen LogP contribution in [-0.2, 0) is 11.3 Å². The minimum Gasteiger partial charge on any atom is -0.393 e. The van der Waals surface area contributed by atoms with Crippen molar-refractivity contribution in [3.63, 3.8) is 0 Å². The van der Waals surface area contributed by atoms with Crippen LogP contribution in [0.2, 0.25) is 0 Å². The van der Waals surface area contributed by atoms with Gasteiger partial charge in [-0.3, -0.25) is 4.79 Å². The van der Waals surface area contributed by atoms with Crippen LogP contribution in [0, 0.1) is 6.92 Å². The van der Waals surface area contributed by atoms with Crippen molar-refractivity contribution in [3.8, 4) is 0 Å². The van der Waals surface area contributed by atoms with Gasteiger partial charge in [-0.15, -0.1) is 0 Å². The van der Waals surface area contributed by atoms with E-state index in [2.05, 4.69) is 24.0 Å². The highest BCUT2D eigenvalue weighted by atomic mass is 32.1. The molecule has 0 unspecified atom stereocenters. The molecule has 1 aromatic carbocycles. The maximum absolute atomic E-state index is 12.0. The van der Waals surface area contributed by atoms with E-state index in [0.29, 0.717) is 24.4 Å². The van der Waals surface area contributed by atoms with E-state index >= 15 is 0 Å². The third-order valence-corrected chi connectivity index (χ3v) is 3.73. The van der Waals surface area contributed by atoms with Crippen molar-refractivity contribution in [3.05, 3.63) is 35.4 Å². The van der Waals surface area contributed by atoms with E-state index in [0.717, 1.165) is 13.1 Å². The first-order chi connectivity index (χ1) is 9.90. The maximum atomic E-state index is 12.0. The number of aryl methyl sites for hydroxylation is 1. The van der Waals surface area contributed by atoms with Crippen molar-refractivity contribution in [1.82, 2.24) is 9.80 Å². The molecule has 0 radical (unpaired) electrons. The number of nitrogens with zero attached hydrogens (tertiary/aromatic N) is 2. The standard InChI is InChI=1S/C16H25N3OS/c1-13-6-4-5-7-14(13)12-18(2)10-9-16(20)19(3)11-8-15(17)21/h4-7H,8-12H2,1-3H3,(H2,17,21). The Balaban J connectivity index is 2.35. The average Bonchev–Trinajstić information content (AvgIpc) is 2.44. The van der Waals surface area contributed by atoms with Crippen LogP contribution in [0.15, 0.2) is 24.3 Å². The number of thiocarbonyl (C=S) groups is 1. The highest BCUT2D eigenvalue weighted by molar-refractivity contribution is 7.80. The van der Waals surface area contributed by atoms with E-state index < -0.39 is 0 Å². The molecule has 5 heteroatoms. The summed E-state index contributed by atoms with van der Waals surface area (Å²) in [6.45, 7) is 4.30. The summed E-state index contributed by atoms with van der Waals surface area (Å²) in [5.74, 6) is 0.128. The van der Waals surface area contributed by atoms with E-state index in [9.17, 15) is 4.79 Å². The summed E-state index contributed by atoms with van der Waals surface area (Å²) in [5, 5.41) is 0. The smallest absolute Gasteiger partial charge is 0.223 e. The van der Waals surface area contributed by atoms with Gasteiger partial charge < -0.3 is 15.5 Å². The number of rotatable bonds is 8. The van der Waals surface area contributed by atoms with Gasteiger partial charge in [0.25, 0.3) is 0 Å². The average molecular weight is 307 g/mol. The van der Waals surface area contributed by atoms with Crippen LogP contribution >= 0.6 is 12.2 Å². The number of carbonyl (C=O) groups is 1. The first-order valence-electron chi connectivity index (χ1n) is 7.15. The minimum atomic E-state index is 0.128. The van der Waals surface area contributed by atoms with Gasteiger partial charge in [0.05, 0.1) is 4.99 Å². The normalized spacial score (nSPS) is 10.7. The van der Waals surface area contributed by atoms with Gasteiger partial charge >= 0.3 is 0 Å². The number of hydrogen-bond donors (Lipinski definition) is 1. The molecular weight excluding hydrogens is 282 g/mol. The Morgan fingerprint density at radius 2 is 1.86 bits per heavy atom. The fourth-order valence-electron chi connectivity index (χ4n) is 2.04. The van der Waals surface area contributed by atoms with Crippen LogP contribution in [-0.4, -0.2) is 47.9 Å². The molecule has 0 fully saturated rings. The maximum Gasteiger partial charge on any atom is 0.223 e. The predicted octanol–water partition coefficient (Wildman–Crippen LogP) is 1.95. The molecule has 1 rings (SSSR count). The van der Waals surface area contributed by atoms with Crippen molar-refractivity contribution < 1.29 is 4.79 Å². The van der Waals surface area contributed by atoms with Crippen molar-refractivity contribution in [1.29, 1.82) is 0 Å². The molecule has 0 spiro atoms. The first-order valence-corrected chi connectivity index (χ1v) is 7.56. The van der Waals surface area contributed by atoms with E-state index in [1.807, 2.05) is 19.2 Å². The topological polar surface area (TPSA) is 49.6 Å². The highest BCUT2D eigenvalue weighted by Gasteiger charge is 2.10. The molecule has 0 bridgehead atoms. The minimum absolute atomic E-state index is 0.128. The van der Waals surface area contributed by atoms with Gasteiger partial charge in [0, 0.05) is 39.5 Å². The summed E-state index contributed by atoms with van der Waals surface area (Å²) in [6.07, 6.45) is 1.09. The van der Waals surface area contributed by atoms with Crippen LogP contribution in [0.1, 0.15) is 24.0 Å². The van der Waals surface area contributed by atoms with Gasteiger partial charge in [0.15, 0.2) is 0 Å². The van der Waals surface area contributed by atoms with Crippen molar-refractivity contribution >= 4 is 23.1 Å². The molecule has 21 heavy (non-hydrogen) atoms. The molecule has 0 saturated carbocycles. The first kappa shape index (κ1) is 17.6. The van der Waals surface area contributed by atoms with Crippen LogP contribution in [0.4, 0.5) is 0 Å². The molecule has 0 heterocycles. The van der Waals surface area contributed by atoms with Gasteiger partial charge in [-0.1, -0.05) is 36.5 Å². The summed E-state index contributed by atoms with van der Waals surface area (Å²) in [4.78, 5) is 16.3. The lowest BCUT2D eigenvalue weighted by Crippen LogP contribution is -2.32. The van der Waals surface area contributed by atoms with Crippen LogP contribution < -0.4 is 5.73 Å². The van der Waals surface area contributed by atoms with Crippen molar-refractivity contribution in [2.45, 2.75) is 26.3 Å². The predicted molar refractivity (Wildman–Crippen MR) is 91.2 cm³/mol. The Kier molecular flexibility index (Phi) is 7.32. The summed E-state index contributed by atoms with van der Waals surface area (Å²) < 4.78 is 0. The van der Waals surface area contributed by atoms with Crippen molar-refractivity contribution in [2.24, 2.45) is 5.73 Å². The molecule has 1 aromatic rings. The zero-order chi connectivity index (χ0) is 15.8. The third-order valence-electron chi connectivity index (χ3n) is 3.53. The van der Waals surface area contributed by atoms with E-state index in [4.69, 9.17) is 18.0 Å². The van der Waals surface area contributed by atoms with Crippen molar-refractivity contribution in [2.75, 3.05) is 27.2 Å². The van der Waals surface area contributed by atoms with Crippen LogP contribution in [0.25, 0.3) is 0 Å². The number of benzene rings is 1. The molecule has 0 aliphatic carbocycles. The molecular formula is C16H25N3OS. The van der Waals surface area contributed by atoms with Crippen LogP contribution in [0.5, 0.6) is 0 Å². The van der Waals surface area contributed by atoms with Gasteiger partial charge in [-0.25, -0.2) is 0 Å². The molecule has 0 saturated heterocycles. The third kappa shape index (κ3) is 6.69. The fraction of sp³-hybridized carbons (Fsp3) is 0.500. The SMILES string of the molecule is Cc1ccccc1CN(C)CCC(=O)N(C)CCC(N)=S. The summed E-state index contributed by atoms with van der Waals surface area (Å²) in [7, 11) is 3.83. The largest absolute Gasteiger partial charge is 0.393 e. The van der Waals surface area contributed by atoms with Crippen LogP contribution in [0.3, 0.4) is 0 Å².